The summed E-state index contributed by atoms with van der Waals surface area (Å²) in [4.78, 5) is 26.5. The Kier molecular flexibility index (Phi) is 7.15. The first kappa shape index (κ1) is 23.7. The first-order chi connectivity index (χ1) is 16.4. The van der Waals surface area contributed by atoms with Crippen LogP contribution in [0.5, 0.6) is 5.75 Å². The van der Waals surface area contributed by atoms with Crippen molar-refractivity contribution >= 4 is 49.9 Å². The second kappa shape index (κ2) is 10.2. The van der Waals surface area contributed by atoms with E-state index in [1.54, 1.807) is 30.3 Å². The lowest BCUT2D eigenvalue weighted by Crippen LogP contribution is -2.30. The van der Waals surface area contributed by atoms with Crippen LogP contribution in [-0.4, -0.2) is 16.8 Å². The second-order valence-corrected chi connectivity index (χ2v) is 9.45. The molecule has 6 nitrogen and oxygen atoms in total. The maximum atomic E-state index is 12.9. The number of urea groups is 1. The van der Waals surface area contributed by atoms with Gasteiger partial charge in [0.05, 0.1) is 27.1 Å². The van der Waals surface area contributed by atoms with E-state index in [9.17, 15) is 14.9 Å². The first-order valence-corrected chi connectivity index (χ1v) is 11.9. The fourth-order valence-corrected chi connectivity index (χ4v) is 5.03. The van der Waals surface area contributed by atoms with Crippen molar-refractivity contribution in [3.05, 3.63) is 103 Å². The van der Waals surface area contributed by atoms with Crippen molar-refractivity contribution in [1.82, 2.24) is 10.2 Å². The fourth-order valence-electron chi connectivity index (χ4n) is 3.58. The number of halogens is 2. The van der Waals surface area contributed by atoms with Gasteiger partial charge in [0.15, 0.2) is 0 Å². The summed E-state index contributed by atoms with van der Waals surface area (Å²) in [5.74, 6) is 0.185. The Morgan fingerprint density at radius 1 is 1.06 bits per heavy atom. The number of rotatable bonds is 6. The molecule has 0 saturated carbocycles. The van der Waals surface area contributed by atoms with E-state index in [2.05, 4.69) is 43.2 Å². The molecule has 3 aromatic rings. The molecule has 1 heterocycles. The van der Waals surface area contributed by atoms with Crippen molar-refractivity contribution in [2.24, 2.45) is 0 Å². The smallest absolute Gasteiger partial charge is 0.329 e. The minimum Gasteiger partial charge on any atom is -0.486 e. The van der Waals surface area contributed by atoms with Gasteiger partial charge in [0.2, 0.25) is 0 Å². The van der Waals surface area contributed by atoms with Crippen LogP contribution in [0.1, 0.15) is 27.8 Å². The number of ether oxygens (including phenoxy) is 1. The highest BCUT2D eigenvalue weighted by molar-refractivity contribution is 9.11. The first-order valence-electron chi connectivity index (χ1n) is 10.4. The number of nitrogens with one attached hydrogen (secondary N) is 1. The quantitative estimate of drug-likeness (QED) is 0.284. The largest absolute Gasteiger partial charge is 0.486 e. The van der Waals surface area contributed by atoms with Gasteiger partial charge >= 0.3 is 6.03 Å². The van der Waals surface area contributed by atoms with Crippen LogP contribution in [0.15, 0.2) is 75.3 Å². The van der Waals surface area contributed by atoms with Crippen LogP contribution < -0.4 is 10.1 Å². The molecule has 3 amide bonds. The van der Waals surface area contributed by atoms with Crippen LogP contribution in [0, 0.1) is 18.3 Å². The van der Waals surface area contributed by atoms with Gasteiger partial charge < -0.3 is 10.1 Å². The van der Waals surface area contributed by atoms with Crippen LogP contribution in [0.2, 0.25) is 0 Å². The average molecular weight is 581 g/mol. The standard InChI is InChI=1S/C26H19Br2N3O3/c1-16-5-4-6-17(9-16)14-31-25(32)23(30-26(31)33)12-18-10-21(27)24(22(28)11-18)34-15-20-8-3-2-7-19(20)13-29/h2-12H,14-15H2,1H3,(H,30,33)/b23-12+. The molecule has 0 aliphatic carbocycles. The van der Waals surface area contributed by atoms with Gasteiger partial charge in [0.25, 0.3) is 5.91 Å². The number of hydrogen-bond acceptors (Lipinski definition) is 4. The molecule has 0 bridgehead atoms. The lowest BCUT2D eigenvalue weighted by Gasteiger charge is -2.13. The summed E-state index contributed by atoms with van der Waals surface area (Å²) in [7, 11) is 0. The average Bonchev–Trinajstić information content (AvgIpc) is 3.06. The van der Waals surface area contributed by atoms with E-state index < -0.39 is 6.03 Å². The van der Waals surface area contributed by atoms with Gasteiger partial charge in [-0.3, -0.25) is 9.69 Å². The number of aryl methyl sites for hydroxylation is 1. The van der Waals surface area contributed by atoms with E-state index in [-0.39, 0.29) is 24.8 Å². The minimum absolute atomic E-state index is 0.202. The number of hydrogen-bond donors (Lipinski definition) is 1. The van der Waals surface area contributed by atoms with Crippen molar-refractivity contribution in [2.75, 3.05) is 0 Å². The number of nitrogens with zero attached hydrogens (tertiary/aromatic N) is 2. The summed E-state index contributed by atoms with van der Waals surface area (Å²) < 4.78 is 7.27. The van der Waals surface area contributed by atoms with Crippen LogP contribution >= 0.6 is 31.9 Å². The molecule has 0 radical (unpaired) electrons. The zero-order chi connectivity index (χ0) is 24.2. The maximum absolute atomic E-state index is 12.9. The lowest BCUT2D eigenvalue weighted by molar-refractivity contribution is -0.123. The normalized spacial score (nSPS) is 14.3. The molecule has 0 aromatic heterocycles. The highest BCUT2D eigenvalue weighted by Gasteiger charge is 2.33. The summed E-state index contributed by atoms with van der Waals surface area (Å²) in [6.45, 7) is 2.39. The third-order valence-corrected chi connectivity index (χ3v) is 6.41. The van der Waals surface area contributed by atoms with Gasteiger partial charge in [0, 0.05) is 5.56 Å². The predicted molar refractivity (Wildman–Crippen MR) is 136 cm³/mol. The molecule has 34 heavy (non-hydrogen) atoms. The van der Waals surface area contributed by atoms with Gasteiger partial charge in [0.1, 0.15) is 18.1 Å². The van der Waals surface area contributed by atoms with E-state index in [0.29, 0.717) is 25.8 Å². The van der Waals surface area contributed by atoms with Gasteiger partial charge in [-0.15, -0.1) is 0 Å². The monoisotopic (exact) mass is 579 g/mol. The number of imide groups is 1. The summed E-state index contributed by atoms with van der Waals surface area (Å²) in [5, 5.41) is 11.9. The van der Waals surface area contributed by atoms with Gasteiger partial charge in [-0.2, -0.15) is 5.26 Å². The van der Waals surface area contributed by atoms with E-state index >= 15 is 0 Å². The van der Waals surface area contributed by atoms with Crippen molar-refractivity contribution in [3.8, 4) is 11.8 Å². The third kappa shape index (κ3) is 5.22. The third-order valence-electron chi connectivity index (χ3n) is 5.23. The Morgan fingerprint density at radius 2 is 1.79 bits per heavy atom. The summed E-state index contributed by atoms with van der Waals surface area (Å²) >= 11 is 7.03. The van der Waals surface area contributed by atoms with Crippen molar-refractivity contribution < 1.29 is 14.3 Å². The van der Waals surface area contributed by atoms with Crippen molar-refractivity contribution in [2.45, 2.75) is 20.1 Å². The summed E-state index contributed by atoms with van der Waals surface area (Å²) in [6, 6.07) is 20.2. The molecule has 8 heteroatoms. The molecule has 0 atom stereocenters. The van der Waals surface area contributed by atoms with Crippen LogP contribution in [-0.2, 0) is 17.9 Å². The molecular weight excluding hydrogens is 562 g/mol. The summed E-state index contributed by atoms with van der Waals surface area (Å²) in [5.41, 5.74) is 4.19. The van der Waals surface area contributed by atoms with Crippen LogP contribution in [0.4, 0.5) is 4.79 Å². The Labute approximate surface area is 214 Å². The topological polar surface area (TPSA) is 82.4 Å². The molecule has 0 spiro atoms. The SMILES string of the molecule is Cc1cccc(CN2C(=O)N/C(=C/c3cc(Br)c(OCc4ccccc4C#N)c(Br)c3)C2=O)c1. The van der Waals surface area contributed by atoms with E-state index in [0.717, 1.165) is 16.7 Å². The molecular formula is C26H19Br2N3O3. The van der Waals surface area contributed by atoms with E-state index in [1.807, 2.05) is 43.3 Å². The molecule has 1 aliphatic heterocycles. The molecule has 4 rings (SSSR count). The Bertz CT molecular complexity index is 1340. The molecule has 1 aliphatic rings. The predicted octanol–water partition coefficient (Wildman–Crippen LogP) is 6.06. The Balaban J connectivity index is 1.51. The number of amides is 3. The zero-order valence-electron chi connectivity index (χ0n) is 18.1. The Hall–Kier alpha value is -3.41. The van der Waals surface area contributed by atoms with Gasteiger partial charge in [-0.25, -0.2) is 4.79 Å². The lowest BCUT2D eigenvalue weighted by atomic mass is 10.1. The highest BCUT2D eigenvalue weighted by atomic mass is 79.9. The van der Waals surface area contributed by atoms with Crippen LogP contribution in [0.3, 0.4) is 0 Å². The molecule has 1 fully saturated rings. The van der Waals surface area contributed by atoms with E-state index in [4.69, 9.17) is 4.74 Å². The second-order valence-electron chi connectivity index (χ2n) is 7.74. The number of carbonyl (C=O) groups excluding carboxylic acids is 2. The minimum atomic E-state index is -0.452. The highest BCUT2D eigenvalue weighted by Crippen LogP contribution is 2.36. The van der Waals surface area contributed by atoms with E-state index in [1.165, 1.54) is 4.90 Å². The number of nitriles is 1. The van der Waals surface area contributed by atoms with Crippen molar-refractivity contribution in [1.29, 1.82) is 5.26 Å². The van der Waals surface area contributed by atoms with Crippen molar-refractivity contribution in [3.63, 3.8) is 0 Å². The molecule has 170 valence electrons. The molecule has 1 saturated heterocycles. The maximum Gasteiger partial charge on any atom is 0.329 e. The molecule has 0 unspecified atom stereocenters. The number of benzene rings is 3. The molecule has 3 aromatic carbocycles. The number of carbonyl (C=O) groups is 2. The fraction of sp³-hybridized carbons (Fsp3) is 0.115. The van der Waals surface area contributed by atoms with Gasteiger partial charge in [-0.05, 0) is 74.2 Å². The zero-order valence-corrected chi connectivity index (χ0v) is 21.3. The Morgan fingerprint density at radius 3 is 2.50 bits per heavy atom. The summed E-state index contributed by atoms with van der Waals surface area (Å²) in [6.07, 6.45) is 1.63. The van der Waals surface area contributed by atoms with Gasteiger partial charge in [-0.1, -0.05) is 48.0 Å². The molecule has 1 N–H and O–H groups in total. The van der Waals surface area contributed by atoms with Crippen LogP contribution in [0.25, 0.3) is 6.08 Å².